The zero-order chi connectivity index (χ0) is 13.6. The lowest BCUT2D eigenvalue weighted by atomic mass is 10.2. The summed E-state index contributed by atoms with van der Waals surface area (Å²) in [5.41, 5.74) is 1.17. The van der Waals surface area contributed by atoms with Gasteiger partial charge < -0.3 is 19.3 Å². The van der Waals surface area contributed by atoms with Crippen molar-refractivity contribution in [3.8, 4) is 11.5 Å². The van der Waals surface area contributed by atoms with Gasteiger partial charge in [-0.15, -0.1) is 0 Å². The Hall–Kier alpha value is -2.08. The Labute approximate surface area is 117 Å². The van der Waals surface area contributed by atoms with Crippen LogP contribution in [0.5, 0.6) is 11.5 Å². The minimum Gasteiger partial charge on any atom is -0.490 e. The highest BCUT2D eigenvalue weighted by Gasteiger charge is 2.10. The van der Waals surface area contributed by atoms with E-state index in [1.807, 2.05) is 18.2 Å². The van der Waals surface area contributed by atoms with Gasteiger partial charge in [0.15, 0.2) is 17.8 Å². The highest BCUT2D eigenvalue weighted by molar-refractivity contribution is 5.43. The molecule has 0 bridgehead atoms. The van der Waals surface area contributed by atoms with E-state index in [-0.39, 0.29) is 0 Å². The van der Waals surface area contributed by atoms with Crippen LogP contribution in [-0.4, -0.2) is 29.9 Å². The van der Waals surface area contributed by atoms with Gasteiger partial charge in [0, 0.05) is 25.9 Å². The molecule has 0 saturated carbocycles. The van der Waals surface area contributed by atoms with Crippen LogP contribution in [0, 0.1) is 0 Å². The Balaban J connectivity index is 1.51. The van der Waals surface area contributed by atoms with Crippen LogP contribution in [0.3, 0.4) is 0 Å². The zero-order valence-electron chi connectivity index (χ0n) is 11.2. The predicted octanol–water partition coefficient (Wildman–Crippen LogP) is 1.56. The SMILES string of the molecule is c1noc(CCNCc2ccc3c(c2)OCCCO3)n1. The highest BCUT2D eigenvalue weighted by Crippen LogP contribution is 2.30. The Bertz CT molecular complexity index is 543. The fraction of sp³-hybridized carbons (Fsp3) is 0.429. The number of nitrogens with one attached hydrogen (secondary N) is 1. The summed E-state index contributed by atoms with van der Waals surface area (Å²) in [6.45, 7) is 2.98. The molecule has 2 aromatic rings. The molecule has 0 spiro atoms. The maximum atomic E-state index is 5.67. The van der Waals surface area contributed by atoms with Gasteiger partial charge in [0.2, 0.25) is 5.89 Å². The summed E-state index contributed by atoms with van der Waals surface area (Å²) >= 11 is 0. The first-order valence-corrected chi connectivity index (χ1v) is 6.76. The molecule has 20 heavy (non-hydrogen) atoms. The molecule has 1 aliphatic rings. The standard InChI is InChI=1S/C14H17N3O3/c1-6-18-12-3-2-11(8-13(12)19-7-1)9-15-5-4-14-16-10-17-20-14/h2-3,8,10,15H,1,4-7,9H2. The molecule has 1 aromatic carbocycles. The van der Waals surface area contributed by atoms with E-state index in [0.29, 0.717) is 12.5 Å². The van der Waals surface area contributed by atoms with E-state index in [1.165, 1.54) is 11.9 Å². The van der Waals surface area contributed by atoms with Crippen LogP contribution < -0.4 is 14.8 Å². The zero-order valence-corrected chi connectivity index (χ0v) is 11.2. The second-order valence-electron chi connectivity index (χ2n) is 4.59. The summed E-state index contributed by atoms with van der Waals surface area (Å²) in [5, 5.41) is 6.91. The molecule has 0 saturated heterocycles. The van der Waals surface area contributed by atoms with E-state index in [1.54, 1.807) is 0 Å². The largest absolute Gasteiger partial charge is 0.490 e. The molecule has 1 N–H and O–H groups in total. The molecule has 106 valence electrons. The van der Waals surface area contributed by atoms with Gasteiger partial charge in [-0.3, -0.25) is 0 Å². The first kappa shape index (κ1) is 12.9. The highest BCUT2D eigenvalue weighted by atomic mass is 16.5. The van der Waals surface area contributed by atoms with Gasteiger partial charge in [0.1, 0.15) is 0 Å². The van der Waals surface area contributed by atoms with Crippen molar-refractivity contribution in [2.24, 2.45) is 0 Å². The van der Waals surface area contributed by atoms with E-state index in [4.69, 9.17) is 14.0 Å². The van der Waals surface area contributed by atoms with Crippen molar-refractivity contribution in [2.45, 2.75) is 19.4 Å². The molecule has 0 unspecified atom stereocenters. The van der Waals surface area contributed by atoms with Gasteiger partial charge in [0.05, 0.1) is 13.2 Å². The molecule has 0 fully saturated rings. The fourth-order valence-corrected chi connectivity index (χ4v) is 2.05. The van der Waals surface area contributed by atoms with Gasteiger partial charge in [-0.05, 0) is 17.7 Å². The summed E-state index contributed by atoms with van der Waals surface area (Å²) in [6, 6.07) is 6.04. The second-order valence-corrected chi connectivity index (χ2v) is 4.59. The van der Waals surface area contributed by atoms with Crippen LogP contribution >= 0.6 is 0 Å². The maximum Gasteiger partial charge on any atom is 0.227 e. The normalized spacial score (nSPS) is 14.0. The van der Waals surface area contributed by atoms with Gasteiger partial charge in [0.25, 0.3) is 0 Å². The van der Waals surface area contributed by atoms with E-state index < -0.39 is 0 Å². The average Bonchev–Trinajstić information content (AvgIpc) is 2.87. The molecule has 1 aromatic heterocycles. The van der Waals surface area contributed by atoms with Gasteiger partial charge in [-0.25, -0.2) is 0 Å². The van der Waals surface area contributed by atoms with Gasteiger partial charge >= 0.3 is 0 Å². The quantitative estimate of drug-likeness (QED) is 0.835. The third-order valence-electron chi connectivity index (χ3n) is 3.06. The lowest BCUT2D eigenvalue weighted by Crippen LogP contribution is -2.16. The summed E-state index contributed by atoms with van der Waals surface area (Å²) in [4.78, 5) is 3.97. The van der Waals surface area contributed by atoms with Gasteiger partial charge in [-0.1, -0.05) is 11.2 Å². The van der Waals surface area contributed by atoms with Crippen molar-refractivity contribution in [3.63, 3.8) is 0 Å². The Kier molecular flexibility index (Phi) is 4.13. The molecule has 6 nitrogen and oxygen atoms in total. The molecule has 1 aliphatic heterocycles. The van der Waals surface area contributed by atoms with Crippen molar-refractivity contribution >= 4 is 0 Å². The molecular formula is C14H17N3O3. The van der Waals surface area contributed by atoms with Crippen molar-refractivity contribution in [2.75, 3.05) is 19.8 Å². The fourth-order valence-electron chi connectivity index (χ4n) is 2.05. The number of hydrogen-bond acceptors (Lipinski definition) is 6. The molecule has 0 aliphatic carbocycles. The van der Waals surface area contributed by atoms with Crippen LogP contribution in [0.1, 0.15) is 17.9 Å². The Morgan fingerprint density at radius 1 is 1.15 bits per heavy atom. The van der Waals surface area contributed by atoms with Crippen LogP contribution in [-0.2, 0) is 13.0 Å². The van der Waals surface area contributed by atoms with Crippen LogP contribution in [0.4, 0.5) is 0 Å². The second kappa shape index (κ2) is 6.38. The first-order chi connectivity index (χ1) is 9.92. The number of hydrogen-bond donors (Lipinski definition) is 1. The molecule has 2 heterocycles. The van der Waals surface area contributed by atoms with Crippen molar-refractivity contribution in [3.05, 3.63) is 36.0 Å². The van der Waals surface area contributed by atoms with Crippen molar-refractivity contribution in [1.29, 1.82) is 0 Å². The number of ether oxygens (including phenoxy) is 2. The van der Waals surface area contributed by atoms with E-state index in [2.05, 4.69) is 15.5 Å². The molecule has 0 atom stereocenters. The number of rotatable bonds is 5. The molecule has 0 amide bonds. The molecule has 6 heteroatoms. The minimum atomic E-state index is 0.649. The lowest BCUT2D eigenvalue weighted by Gasteiger charge is -2.09. The molecule has 0 radical (unpaired) electrons. The first-order valence-electron chi connectivity index (χ1n) is 6.76. The number of aromatic nitrogens is 2. The van der Waals surface area contributed by atoms with Crippen LogP contribution in [0.25, 0.3) is 0 Å². The maximum absolute atomic E-state index is 5.67. The van der Waals surface area contributed by atoms with Crippen LogP contribution in [0.2, 0.25) is 0 Å². The Morgan fingerprint density at radius 2 is 2.05 bits per heavy atom. The molecule has 3 rings (SSSR count). The number of fused-ring (bicyclic) bond motifs is 1. The van der Waals surface area contributed by atoms with Crippen molar-refractivity contribution < 1.29 is 14.0 Å². The minimum absolute atomic E-state index is 0.649. The van der Waals surface area contributed by atoms with E-state index >= 15 is 0 Å². The third-order valence-corrected chi connectivity index (χ3v) is 3.06. The molecular weight excluding hydrogens is 258 g/mol. The number of benzene rings is 1. The van der Waals surface area contributed by atoms with E-state index in [0.717, 1.165) is 44.0 Å². The van der Waals surface area contributed by atoms with Crippen LogP contribution in [0.15, 0.2) is 29.0 Å². The van der Waals surface area contributed by atoms with E-state index in [9.17, 15) is 0 Å². The summed E-state index contributed by atoms with van der Waals surface area (Å²) in [5.74, 6) is 2.31. The number of nitrogens with zero attached hydrogens (tertiary/aromatic N) is 2. The lowest BCUT2D eigenvalue weighted by molar-refractivity contribution is 0.297. The smallest absolute Gasteiger partial charge is 0.227 e. The van der Waals surface area contributed by atoms with Gasteiger partial charge in [-0.2, -0.15) is 4.98 Å². The topological polar surface area (TPSA) is 69.4 Å². The summed E-state index contributed by atoms with van der Waals surface area (Å²) in [6.07, 6.45) is 3.07. The summed E-state index contributed by atoms with van der Waals surface area (Å²) in [7, 11) is 0. The summed E-state index contributed by atoms with van der Waals surface area (Å²) < 4.78 is 16.2. The monoisotopic (exact) mass is 275 g/mol. The van der Waals surface area contributed by atoms with Crippen molar-refractivity contribution in [1.82, 2.24) is 15.5 Å². The average molecular weight is 275 g/mol. The third kappa shape index (κ3) is 3.27. The predicted molar refractivity (Wildman–Crippen MR) is 71.8 cm³/mol. The Morgan fingerprint density at radius 3 is 2.90 bits per heavy atom.